The highest BCUT2D eigenvalue weighted by molar-refractivity contribution is 5.74. The van der Waals surface area contributed by atoms with E-state index in [1.807, 2.05) is 0 Å². The maximum absolute atomic E-state index is 12.8. The molecule has 0 saturated heterocycles. The summed E-state index contributed by atoms with van der Waals surface area (Å²) in [5.41, 5.74) is -1.32. The van der Waals surface area contributed by atoms with Crippen LogP contribution in [0.25, 0.3) is 0 Å². The van der Waals surface area contributed by atoms with Crippen LogP contribution >= 0.6 is 0 Å². The van der Waals surface area contributed by atoms with Gasteiger partial charge in [-0.2, -0.15) is 0 Å². The second kappa shape index (κ2) is 4.09. The Morgan fingerprint density at radius 1 is 0.800 bits per heavy atom. The van der Waals surface area contributed by atoms with E-state index in [1.165, 1.54) is 5.92 Å². The Kier molecular flexibility index (Phi) is 3.04. The summed E-state index contributed by atoms with van der Waals surface area (Å²) >= 11 is 0. The molecule has 1 nitrogen and oxygen atoms in total. The maximum atomic E-state index is 12.8. The zero-order chi connectivity index (χ0) is 11.6. The van der Waals surface area contributed by atoms with E-state index >= 15 is 0 Å². The Balaban J connectivity index is 3.59. The summed E-state index contributed by atoms with van der Waals surface area (Å²) in [4.78, 5) is 9.76. The minimum atomic E-state index is -2.26. The lowest BCUT2D eigenvalue weighted by molar-refractivity contribution is -0.103. The van der Waals surface area contributed by atoms with Gasteiger partial charge in [0.1, 0.15) is 5.56 Å². The van der Waals surface area contributed by atoms with Gasteiger partial charge in [-0.25, -0.2) is 22.0 Å². The first-order chi connectivity index (χ1) is 7.00. The highest BCUT2D eigenvalue weighted by atomic mass is 19.2. The lowest BCUT2D eigenvalue weighted by atomic mass is 10.1. The molecule has 0 amide bonds. The predicted octanol–water partition coefficient (Wildman–Crippen LogP) is 1.93. The Bertz CT molecular complexity index is 454. The third-order valence-corrected chi connectivity index (χ3v) is 1.47. The lowest BCUT2D eigenvalue weighted by Crippen LogP contribution is -2.04. The molecule has 0 atom stereocenters. The average molecular weight is 220 g/mol. The van der Waals surface area contributed by atoms with Crippen molar-refractivity contribution in [2.45, 2.75) is 0 Å². The van der Waals surface area contributed by atoms with E-state index in [2.05, 4.69) is 0 Å². The van der Waals surface area contributed by atoms with Crippen molar-refractivity contribution in [3.63, 3.8) is 0 Å². The van der Waals surface area contributed by atoms with E-state index in [0.717, 1.165) is 0 Å². The molecule has 0 aromatic heterocycles. The van der Waals surface area contributed by atoms with Gasteiger partial charge in [0, 0.05) is 0 Å². The Morgan fingerprint density at radius 3 is 1.60 bits per heavy atom. The summed E-state index contributed by atoms with van der Waals surface area (Å²) in [5.74, 6) is -7.48. The van der Waals surface area contributed by atoms with Crippen molar-refractivity contribution < 1.29 is 26.7 Å². The summed E-state index contributed by atoms with van der Waals surface area (Å²) in [7, 11) is 0. The van der Waals surface area contributed by atoms with E-state index in [1.54, 1.807) is 5.92 Å². The van der Waals surface area contributed by atoms with Crippen molar-refractivity contribution in [3.05, 3.63) is 34.6 Å². The molecule has 0 fully saturated rings. The molecule has 1 aromatic carbocycles. The number of carbonyl (C=O) groups excluding carboxylic acids is 1. The zero-order valence-corrected chi connectivity index (χ0v) is 6.88. The summed E-state index contributed by atoms with van der Waals surface area (Å²) in [6.07, 6.45) is -0.0297. The Labute approximate surface area is 80.5 Å². The zero-order valence-electron chi connectivity index (χ0n) is 6.88. The third kappa shape index (κ3) is 1.81. The molecule has 0 bridgehead atoms. The van der Waals surface area contributed by atoms with Crippen LogP contribution in [-0.2, 0) is 4.79 Å². The van der Waals surface area contributed by atoms with Gasteiger partial charge in [-0.15, -0.1) is 0 Å². The van der Waals surface area contributed by atoms with E-state index in [-0.39, 0.29) is 6.29 Å². The van der Waals surface area contributed by atoms with Gasteiger partial charge in [0.2, 0.25) is 5.82 Å². The first-order valence-electron chi connectivity index (χ1n) is 3.47. The fourth-order valence-electron chi connectivity index (χ4n) is 0.816. The number of hydrogen-bond acceptors (Lipinski definition) is 1. The van der Waals surface area contributed by atoms with E-state index in [9.17, 15) is 26.7 Å². The number of rotatable bonds is 0. The monoisotopic (exact) mass is 220 g/mol. The molecule has 0 radical (unpaired) electrons. The molecule has 0 unspecified atom stereocenters. The molecule has 0 saturated carbocycles. The molecular formula is C9HF5O. The summed E-state index contributed by atoms with van der Waals surface area (Å²) in [6.45, 7) is 0. The van der Waals surface area contributed by atoms with Gasteiger partial charge in [-0.05, 0) is 5.92 Å². The fourth-order valence-corrected chi connectivity index (χ4v) is 0.816. The molecule has 1 rings (SSSR count). The second-order valence-corrected chi connectivity index (χ2v) is 2.33. The SMILES string of the molecule is O=CC#Cc1c(F)c(F)c(F)c(F)c1F. The highest BCUT2D eigenvalue weighted by Crippen LogP contribution is 2.21. The largest absolute Gasteiger partial charge is 0.289 e. The summed E-state index contributed by atoms with van der Waals surface area (Å²) in [5, 5.41) is 0. The molecule has 0 N–H and O–H groups in total. The third-order valence-electron chi connectivity index (χ3n) is 1.47. The second-order valence-electron chi connectivity index (χ2n) is 2.33. The summed E-state index contributed by atoms with van der Waals surface area (Å²) < 4.78 is 63.1. The molecule has 6 heteroatoms. The topological polar surface area (TPSA) is 17.1 Å². The van der Waals surface area contributed by atoms with Gasteiger partial charge in [0.15, 0.2) is 29.6 Å². The standard InChI is InChI=1S/C9HF5O/c10-5-4(2-1-3-15)6(11)8(13)9(14)7(5)12/h3H. The highest BCUT2D eigenvalue weighted by Gasteiger charge is 2.24. The molecule has 15 heavy (non-hydrogen) atoms. The van der Waals surface area contributed by atoms with E-state index < -0.39 is 34.6 Å². The van der Waals surface area contributed by atoms with Crippen LogP contribution in [-0.4, -0.2) is 6.29 Å². The van der Waals surface area contributed by atoms with Crippen LogP contribution in [0, 0.1) is 40.9 Å². The molecule has 0 heterocycles. The van der Waals surface area contributed by atoms with Crippen molar-refractivity contribution in [1.82, 2.24) is 0 Å². The predicted molar refractivity (Wildman–Crippen MR) is 39.2 cm³/mol. The maximum Gasteiger partial charge on any atom is 0.200 e. The Morgan fingerprint density at radius 2 is 1.20 bits per heavy atom. The van der Waals surface area contributed by atoms with Gasteiger partial charge in [0.05, 0.1) is 0 Å². The van der Waals surface area contributed by atoms with Crippen molar-refractivity contribution in [2.75, 3.05) is 0 Å². The molecule has 0 aliphatic rings. The van der Waals surface area contributed by atoms with Crippen molar-refractivity contribution >= 4 is 6.29 Å². The van der Waals surface area contributed by atoms with Gasteiger partial charge >= 0.3 is 0 Å². The minimum absolute atomic E-state index is 0.0297. The van der Waals surface area contributed by atoms with Crippen LogP contribution < -0.4 is 0 Å². The molecule has 78 valence electrons. The first-order valence-corrected chi connectivity index (χ1v) is 3.47. The van der Waals surface area contributed by atoms with Crippen LogP contribution in [0.1, 0.15) is 5.56 Å². The number of carbonyl (C=O) groups is 1. The van der Waals surface area contributed by atoms with Gasteiger partial charge < -0.3 is 0 Å². The molecule has 0 spiro atoms. The first kappa shape index (κ1) is 11.2. The van der Waals surface area contributed by atoms with Crippen LogP contribution in [0.5, 0.6) is 0 Å². The van der Waals surface area contributed by atoms with E-state index in [4.69, 9.17) is 0 Å². The van der Waals surface area contributed by atoms with E-state index in [0.29, 0.717) is 0 Å². The molecule has 1 aromatic rings. The van der Waals surface area contributed by atoms with Crippen molar-refractivity contribution in [2.24, 2.45) is 0 Å². The molecular weight excluding hydrogens is 219 g/mol. The normalized spacial score (nSPS) is 9.40. The average Bonchev–Trinajstić information content (AvgIpc) is 2.24. The van der Waals surface area contributed by atoms with Crippen molar-refractivity contribution in [3.8, 4) is 11.8 Å². The number of halogens is 5. The quantitative estimate of drug-likeness (QED) is 0.215. The molecule has 0 aliphatic carbocycles. The van der Waals surface area contributed by atoms with Crippen LogP contribution in [0.15, 0.2) is 0 Å². The number of benzene rings is 1. The minimum Gasteiger partial charge on any atom is -0.289 e. The smallest absolute Gasteiger partial charge is 0.200 e. The fraction of sp³-hybridized carbons (Fsp3) is 0. The Hall–Kier alpha value is -1.90. The van der Waals surface area contributed by atoms with Crippen molar-refractivity contribution in [1.29, 1.82) is 0 Å². The van der Waals surface area contributed by atoms with Crippen LogP contribution in [0.2, 0.25) is 0 Å². The number of aldehydes is 1. The van der Waals surface area contributed by atoms with Gasteiger partial charge in [-0.3, -0.25) is 4.79 Å². The van der Waals surface area contributed by atoms with Crippen LogP contribution in [0.4, 0.5) is 22.0 Å². The molecule has 0 aliphatic heterocycles. The lowest BCUT2D eigenvalue weighted by Gasteiger charge is -2.01. The van der Waals surface area contributed by atoms with Gasteiger partial charge in [0.25, 0.3) is 0 Å². The van der Waals surface area contributed by atoms with Crippen LogP contribution in [0.3, 0.4) is 0 Å². The summed E-state index contributed by atoms with van der Waals surface area (Å²) in [6, 6.07) is 0. The van der Waals surface area contributed by atoms with Gasteiger partial charge in [-0.1, -0.05) is 5.92 Å². The number of hydrogen-bond donors (Lipinski definition) is 0.